The zero-order valence-corrected chi connectivity index (χ0v) is 14.6. The highest BCUT2D eigenvalue weighted by molar-refractivity contribution is 7.89. The number of hydrogen-bond acceptors (Lipinski definition) is 5. The van der Waals surface area contributed by atoms with Gasteiger partial charge in [-0.2, -0.15) is 0 Å². The van der Waals surface area contributed by atoms with Gasteiger partial charge >= 0.3 is 0 Å². The Bertz CT molecular complexity index is 851. The minimum Gasteiger partial charge on any atom is -0.261 e. The molecule has 0 saturated carbocycles. The molecule has 0 radical (unpaired) electrons. The van der Waals surface area contributed by atoms with Crippen molar-refractivity contribution >= 4 is 15.7 Å². The van der Waals surface area contributed by atoms with Crippen molar-refractivity contribution in [3.05, 3.63) is 63.5 Å². The zero-order valence-electron chi connectivity index (χ0n) is 13.8. The minimum absolute atomic E-state index is 0.0299. The van der Waals surface area contributed by atoms with Gasteiger partial charge in [0.25, 0.3) is 5.69 Å². The van der Waals surface area contributed by atoms with E-state index < -0.39 is 14.9 Å². The first-order chi connectivity index (χ1) is 11.2. The molecule has 2 aromatic rings. The summed E-state index contributed by atoms with van der Waals surface area (Å²) in [6, 6.07) is 7.95. The quantitative estimate of drug-likeness (QED) is 0.590. The van der Waals surface area contributed by atoms with Gasteiger partial charge in [-0.05, 0) is 37.1 Å². The molecule has 7 nitrogen and oxygen atoms in total. The minimum atomic E-state index is -3.82. The van der Waals surface area contributed by atoms with Gasteiger partial charge < -0.3 is 0 Å². The maximum absolute atomic E-state index is 12.8. The molecule has 128 valence electrons. The van der Waals surface area contributed by atoms with Gasteiger partial charge in [0.15, 0.2) is 0 Å². The standard InChI is InChI=1S/C16H19N3O4S/c1-12-10-15(19(20)21)11-16(13(12)2)24(22,23)18(3)9-7-14-6-4-5-8-17-14/h4-6,8,10-11H,7,9H2,1-3H3. The third-order valence-electron chi connectivity index (χ3n) is 3.91. The number of pyridine rings is 1. The van der Waals surface area contributed by atoms with Crippen LogP contribution in [-0.2, 0) is 16.4 Å². The van der Waals surface area contributed by atoms with Crippen LogP contribution in [0.15, 0.2) is 41.4 Å². The van der Waals surface area contributed by atoms with E-state index in [-0.39, 0.29) is 17.1 Å². The van der Waals surface area contributed by atoms with Crippen molar-refractivity contribution < 1.29 is 13.3 Å². The van der Waals surface area contributed by atoms with E-state index in [1.807, 2.05) is 12.1 Å². The molecule has 0 bridgehead atoms. The Morgan fingerprint density at radius 3 is 2.54 bits per heavy atom. The number of rotatable bonds is 6. The fourth-order valence-corrected chi connectivity index (χ4v) is 3.77. The van der Waals surface area contributed by atoms with Gasteiger partial charge in [-0.25, -0.2) is 12.7 Å². The van der Waals surface area contributed by atoms with Gasteiger partial charge in [0.2, 0.25) is 10.0 Å². The molecule has 0 fully saturated rings. The second kappa shape index (κ2) is 7.06. The summed E-state index contributed by atoms with van der Waals surface area (Å²) in [6.07, 6.45) is 2.11. The van der Waals surface area contributed by atoms with Crippen molar-refractivity contribution in [2.75, 3.05) is 13.6 Å². The van der Waals surface area contributed by atoms with Crippen LogP contribution in [0.3, 0.4) is 0 Å². The summed E-state index contributed by atoms with van der Waals surface area (Å²) in [7, 11) is -2.35. The average Bonchev–Trinajstić information content (AvgIpc) is 2.55. The largest absolute Gasteiger partial charge is 0.271 e. The molecule has 24 heavy (non-hydrogen) atoms. The van der Waals surface area contributed by atoms with E-state index in [0.717, 1.165) is 11.8 Å². The molecular formula is C16H19N3O4S. The highest BCUT2D eigenvalue weighted by atomic mass is 32.2. The van der Waals surface area contributed by atoms with E-state index in [9.17, 15) is 18.5 Å². The van der Waals surface area contributed by atoms with Crippen molar-refractivity contribution in [2.24, 2.45) is 0 Å². The third kappa shape index (κ3) is 3.77. The summed E-state index contributed by atoms with van der Waals surface area (Å²) >= 11 is 0. The van der Waals surface area contributed by atoms with Gasteiger partial charge in [0.1, 0.15) is 0 Å². The van der Waals surface area contributed by atoms with E-state index in [1.54, 1.807) is 26.1 Å². The van der Waals surface area contributed by atoms with Crippen molar-refractivity contribution in [1.82, 2.24) is 9.29 Å². The first kappa shape index (κ1) is 18.0. The maximum Gasteiger partial charge on any atom is 0.271 e. The molecule has 0 unspecified atom stereocenters. The average molecular weight is 349 g/mol. The monoisotopic (exact) mass is 349 g/mol. The fourth-order valence-electron chi connectivity index (χ4n) is 2.29. The number of likely N-dealkylation sites (N-methyl/N-ethyl adjacent to an activating group) is 1. The van der Waals surface area contributed by atoms with Crippen LogP contribution in [0, 0.1) is 24.0 Å². The van der Waals surface area contributed by atoms with Gasteiger partial charge in [0, 0.05) is 44.0 Å². The summed E-state index contributed by atoms with van der Waals surface area (Å²) in [4.78, 5) is 14.6. The van der Waals surface area contributed by atoms with Gasteiger partial charge in [0.05, 0.1) is 9.82 Å². The number of nitro groups is 1. The van der Waals surface area contributed by atoms with Crippen LogP contribution >= 0.6 is 0 Å². The van der Waals surface area contributed by atoms with E-state index in [4.69, 9.17) is 0 Å². The second-order valence-electron chi connectivity index (χ2n) is 5.54. The van der Waals surface area contributed by atoms with Crippen LogP contribution in [0.1, 0.15) is 16.8 Å². The molecule has 0 N–H and O–H groups in total. The number of benzene rings is 1. The molecule has 1 aromatic heterocycles. The zero-order chi connectivity index (χ0) is 17.9. The van der Waals surface area contributed by atoms with Crippen molar-refractivity contribution in [3.63, 3.8) is 0 Å². The van der Waals surface area contributed by atoms with Gasteiger partial charge in [-0.15, -0.1) is 0 Å². The lowest BCUT2D eigenvalue weighted by molar-refractivity contribution is -0.385. The van der Waals surface area contributed by atoms with E-state index >= 15 is 0 Å². The van der Waals surface area contributed by atoms with Crippen molar-refractivity contribution in [1.29, 1.82) is 0 Å². The molecule has 0 spiro atoms. The third-order valence-corrected chi connectivity index (χ3v) is 5.90. The van der Waals surface area contributed by atoms with Crippen LogP contribution in [-0.4, -0.2) is 36.2 Å². The van der Waals surface area contributed by atoms with E-state index in [2.05, 4.69) is 4.98 Å². The molecular weight excluding hydrogens is 330 g/mol. The number of sulfonamides is 1. The summed E-state index contributed by atoms with van der Waals surface area (Å²) in [5.74, 6) is 0. The predicted octanol–water partition coefficient (Wildman–Crippen LogP) is 2.47. The molecule has 2 rings (SSSR count). The van der Waals surface area contributed by atoms with Gasteiger partial charge in [-0.1, -0.05) is 6.07 Å². The molecule has 1 aromatic carbocycles. The smallest absolute Gasteiger partial charge is 0.261 e. The lowest BCUT2D eigenvalue weighted by Crippen LogP contribution is -2.30. The number of nitrogens with zero attached hydrogens (tertiary/aromatic N) is 3. The number of aryl methyl sites for hydroxylation is 1. The first-order valence-corrected chi connectivity index (χ1v) is 8.79. The predicted molar refractivity (Wildman–Crippen MR) is 90.3 cm³/mol. The van der Waals surface area contributed by atoms with E-state index in [0.29, 0.717) is 17.5 Å². The van der Waals surface area contributed by atoms with Crippen molar-refractivity contribution in [3.8, 4) is 0 Å². The summed E-state index contributed by atoms with van der Waals surface area (Å²) in [6.45, 7) is 3.55. The van der Waals surface area contributed by atoms with Crippen LogP contribution < -0.4 is 0 Å². The summed E-state index contributed by atoms with van der Waals surface area (Å²) in [5, 5.41) is 11.0. The van der Waals surface area contributed by atoms with Crippen LogP contribution in [0.4, 0.5) is 5.69 Å². The molecule has 0 atom stereocenters. The Kier molecular flexibility index (Phi) is 5.30. The summed E-state index contributed by atoms with van der Waals surface area (Å²) < 4.78 is 26.8. The second-order valence-corrected chi connectivity index (χ2v) is 7.55. The Hall–Kier alpha value is -2.32. The number of non-ortho nitro benzene ring substituents is 1. The Morgan fingerprint density at radius 1 is 1.25 bits per heavy atom. The molecule has 0 saturated heterocycles. The molecule has 0 aliphatic heterocycles. The lowest BCUT2D eigenvalue weighted by atomic mass is 10.1. The molecule has 1 heterocycles. The van der Waals surface area contributed by atoms with Crippen LogP contribution in [0.5, 0.6) is 0 Å². The van der Waals surface area contributed by atoms with E-state index in [1.165, 1.54) is 17.4 Å². The molecule has 0 aliphatic rings. The molecule has 0 amide bonds. The number of hydrogen-bond donors (Lipinski definition) is 0. The first-order valence-electron chi connectivity index (χ1n) is 7.35. The Morgan fingerprint density at radius 2 is 1.96 bits per heavy atom. The fraction of sp³-hybridized carbons (Fsp3) is 0.312. The maximum atomic E-state index is 12.8. The Labute approximate surface area is 141 Å². The SMILES string of the molecule is Cc1cc([N+](=O)[O-])cc(S(=O)(=O)N(C)CCc2ccccn2)c1C. The Balaban J connectivity index is 2.30. The number of aromatic nitrogens is 1. The molecule has 8 heteroatoms. The summed E-state index contributed by atoms with van der Waals surface area (Å²) in [5.41, 5.74) is 1.65. The van der Waals surface area contributed by atoms with Gasteiger partial charge in [-0.3, -0.25) is 15.1 Å². The molecule has 0 aliphatic carbocycles. The normalized spacial score (nSPS) is 11.7. The van der Waals surface area contributed by atoms with Crippen molar-refractivity contribution in [2.45, 2.75) is 25.2 Å². The number of nitro benzene ring substituents is 1. The highest BCUT2D eigenvalue weighted by Crippen LogP contribution is 2.27. The topological polar surface area (TPSA) is 93.4 Å². The lowest BCUT2D eigenvalue weighted by Gasteiger charge is -2.19. The highest BCUT2D eigenvalue weighted by Gasteiger charge is 2.26. The van der Waals surface area contributed by atoms with Crippen LogP contribution in [0.2, 0.25) is 0 Å². The van der Waals surface area contributed by atoms with Crippen LogP contribution in [0.25, 0.3) is 0 Å².